The maximum atomic E-state index is 12.5. The number of hydrogen-bond donors (Lipinski definition) is 7. The van der Waals surface area contributed by atoms with E-state index in [-0.39, 0.29) is 17.8 Å². The zero-order valence-electron chi connectivity index (χ0n) is 19.1. The molecule has 0 fully saturated rings. The van der Waals surface area contributed by atoms with Gasteiger partial charge in [-0.2, -0.15) is 0 Å². The average Bonchev–Trinajstić information content (AvgIpc) is 3.19. The maximum Gasteiger partial charge on any atom is 0.340 e. The number of aliphatic hydroxyl groups is 5. The first-order chi connectivity index (χ1) is 17.6. The molecule has 2 aliphatic rings. The number of aliphatic hydroxyl groups excluding tert-OH is 5. The second-order valence-corrected chi connectivity index (χ2v) is 8.44. The minimum absolute atomic E-state index is 0.0258. The molecule has 37 heavy (non-hydrogen) atoms. The molecule has 3 aromatic carbocycles. The van der Waals surface area contributed by atoms with E-state index in [4.69, 9.17) is 35.0 Å². The van der Waals surface area contributed by atoms with Crippen LogP contribution in [0.5, 0.6) is 23.0 Å². The smallest absolute Gasteiger partial charge is 0.340 e. The minimum Gasteiger partial charge on any atom is -0.508 e. The Balaban J connectivity index is 0.000000229. The van der Waals surface area contributed by atoms with Crippen LogP contribution < -0.4 is 4.74 Å². The third-order valence-electron chi connectivity index (χ3n) is 6.10. The molecule has 0 aliphatic carbocycles. The van der Waals surface area contributed by atoms with Crippen molar-refractivity contribution in [1.82, 2.24) is 0 Å². The van der Waals surface area contributed by atoms with Crippen LogP contribution in [0, 0.1) is 0 Å². The summed E-state index contributed by atoms with van der Waals surface area (Å²) in [5.74, 6) is 0.408. The molecule has 0 amide bonds. The fourth-order valence-corrected chi connectivity index (χ4v) is 4.27. The lowest BCUT2D eigenvalue weighted by atomic mass is 9.77. The van der Waals surface area contributed by atoms with Crippen molar-refractivity contribution in [3.05, 3.63) is 82.9 Å². The molecular weight excluding hydrogens is 488 g/mol. The van der Waals surface area contributed by atoms with E-state index in [1.165, 1.54) is 24.3 Å². The summed E-state index contributed by atoms with van der Waals surface area (Å²) < 4.78 is 11.8. The summed E-state index contributed by atoms with van der Waals surface area (Å²) in [4.78, 5) is 22.4. The summed E-state index contributed by atoms with van der Waals surface area (Å²) in [7, 11) is 0. The molecule has 0 saturated carbocycles. The zero-order valence-corrected chi connectivity index (χ0v) is 19.1. The first kappa shape index (κ1) is 26.1. The Morgan fingerprint density at radius 3 is 1.92 bits per heavy atom. The predicted octanol–water partition coefficient (Wildman–Crippen LogP) is 0.287. The molecule has 1 spiro atoms. The van der Waals surface area contributed by atoms with Gasteiger partial charge >= 0.3 is 5.97 Å². The lowest BCUT2D eigenvalue weighted by molar-refractivity contribution is -0.136. The maximum absolute atomic E-state index is 12.5. The average molecular weight is 512 g/mol. The number of esters is 1. The number of aromatic hydroxyl groups is 2. The van der Waals surface area contributed by atoms with Gasteiger partial charge in [0.15, 0.2) is 11.9 Å². The monoisotopic (exact) mass is 512 g/mol. The number of rotatable bonds is 5. The molecule has 0 unspecified atom stereocenters. The van der Waals surface area contributed by atoms with Crippen molar-refractivity contribution in [1.29, 1.82) is 0 Å². The minimum atomic E-state index is -1.79. The summed E-state index contributed by atoms with van der Waals surface area (Å²) >= 11 is 0. The van der Waals surface area contributed by atoms with Gasteiger partial charge in [0.2, 0.25) is 0 Å². The molecule has 11 nitrogen and oxygen atoms in total. The first-order valence-electron chi connectivity index (χ1n) is 11.1. The second kappa shape index (κ2) is 10.2. The Morgan fingerprint density at radius 1 is 0.811 bits per heavy atom. The third kappa shape index (κ3) is 4.50. The highest BCUT2D eigenvalue weighted by Crippen LogP contribution is 2.56. The summed E-state index contributed by atoms with van der Waals surface area (Å²) in [6.45, 7) is -0.760. The summed E-state index contributed by atoms with van der Waals surface area (Å²) in [5.41, 5.74) is 1.28. The molecule has 5 rings (SSSR count). The molecule has 3 aromatic rings. The van der Waals surface area contributed by atoms with Crippen molar-refractivity contribution in [2.75, 3.05) is 6.61 Å². The van der Waals surface area contributed by atoms with Crippen LogP contribution in [0.1, 0.15) is 27.0 Å². The highest BCUT2D eigenvalue weighted by molar-refractivity contribution is 5.97. The fourth-order valence-electron chi connectivity index (χ4n) is 4.27. The lowest BCUT2D eigenvalue weighted by Gasteiger charge is -2.36. The van der Waals surface area contributed by atoms with Crippen molar-refractivity contribution < 1.29 is 54.8 Å². The first-order valence-corrected chi connectivity index (χ1v) is 11.1. The molecule has 11 heteroatoms. The largest absolute Gasteiger partial charge is 0.508 e. The highest BCUT2D eigenvalue weighted by atomic mass is 16.6. The van der Waals surface area contributed by atoms with Crippen molar-refractivity contribution in [3.63, 3.8) is 0 Å². The van der Waals surface area contributed by atoms with Crippen LogP contribution in [0.2, 0.25) is 0 Å². The van der Waals surface area contributed by atoms with Gasteiger partial charge in [-0.3, -0.25) is 0 Å². The van der Waals surface area contributed by atoms with Gasteiger partial charge < -0.3 is 50.0 Å². The van der Waals surface area contributed by atoms with Gasteiger partial charge in [-0.05, 0) is 30.3 Å². The number of carbonyl (C=O) groups is 2. The Hall–Kier alpha value is -4.00. The summed E-state index contributed by atoms with van der Waals surface area (Å²) in [5, 5.41) is 63.2. The van der Waals surface area contributed by atoms with Gasteiger partial charge in [0.25, 0.3) is 0 Å². The highest BCUT2D eigenvalue weighted by Gasteiger charge is 2.53. The van der Waals surface area contributed by atoms with Gasteiger partial charge in [-0.1, -0.05) is 18.2 Å². The van der Waals surface area contributed by atoms with Gasteiger partial charge in [0.05, 0.1) is 12.2 Å². The number of phenols is 2. The Labute approximate surface area is 210 Å². The van der Waals surface area contributed by atoms with Crippen molar-refractivity contribution >= 4 is 12.3 Å². The standard InChI is InChI=1S/C20H12O5.C6H12O6/c21-11-5-7-15-17(9-11)24-18-10-12(22)6-8-16(18)20(15)14-4-2-1-3-13(14)19(23)25-20;7-1-3(9)5(11)6(12)4(10)2-8/h1-10,21-22H;1,3-6,8-12H,2H2/t;3-,4+,5+,6+/m.0/s1. The fraction of sp³-hybridized carbons (Fsp3) is 0.231. The molecule has 0 aromatic heterocycles. The second-order valence-electron chi connectivity index (χ2n) is 8.44. The van der Waals surface area contributed by atoms with E-state index in [0.29, 0.717) is 33.8 Å². The van der Waals surface area contributed by atoms with Gasteiger partial charge in [-0.25, -0.2) is 4.79 Å². The van der Waals surface area contributed by atoms with Gasteiger partial charge in [0.1, 0.15) is 47.4 Å². The van der Waals surface area contributed by atoms with Gasteiger partial charge in [0, 0.05) is 28.8 Å². The molecule has 0 saturated heterocycles. The molecule has 0 radical (unpaired) electrons. The van der Waals surface area contributed by atoms with E-state index >= 15 is 0 Å². The van der Waals surface area contributed by atoms with Gasteiger partial charge in [-0.15, -0.1) is 0 Å². The van der Waals surface area contributed by atoms with Crippen LogP contribution in [-0.2, 0) is 15.1 Å². The Bertz CT molecular complexity index is 1270. The van der Waals surface area contributed by atoms with E-state index < -0.39 is 42.6 Å². The number of fused-ring (bicyclic) bond motifs is 6. The molecular formula is C26H24O11. The molecule has 2 heterocycles. The van der Waals surface area contributed by atoms with Crippen molar-refractivity contribution in [2.45, 2.75) is 30.0 Å². The van der Waals surface area contributed by atoms with E-state index in [1.54, 1.807) is 24.3 Å². The quantitative estimate of drug-likeness (QED) is 0.183. The van der Waals surface area contributed by atoms with Crippen LogP contribution in [0.15, 0.2) is 60.7 Å². The molecule has 7 N–H and O–H groups in total. The van der Waals surface area contributed by atoms with Crippen LogP contribution in [0.25, 0.3) is 0 Å². The summed E-state index contributed by atoms with van der Waals surface area (Å²) in [6, 6.07) is 16.6. The van der Waals surface area contributed by atoms with E-state index in [0.717, 1.165) is 0 Å². The Kier molecular flexibility index (Phi) is 7.16. The van der Waals surface area contributed by atoms with Crippen LogP contribution in [0.3, 0.4) is 0 Å². The lowest BCUT2D eigenvalue weighted by Crippen LogP contribution is -2.46. The number of ether oxygens (including phenoxy) is 2. The number of benzene rings is 3. The normalized spacial score (nSPS) is 17.5. The summed E-state index contributed by atoms with van der Waals surface area (Å²) in [6.07, 6.45) is -6.84. The molecule has 194 valence electrons. The van der Waals surface area contributed by atoms with Crippen molar-refractivity contribution in [3.8, 4) is 23.0 Å². The molecule has 2 aliphatic heterocycles. The topological polar surface area (TPSA) is 194 Å². The van der Waals surface area contributed by atoms with E-state index in [2.05, 4.69) is 0 Å². The number of carbonyl (C=O) groups excluding carboxylic acids is 2. The zero-order chi connectivity index (χ0) is 26.9. The van der Waals surface area contributed by atoms with Crippen LogP contribution in [-0.4, -0.2) is 79.0 Å². The van der Waals surface area contributed by atoms with Crippen LogP contribution >= 0.6 is 0 Å². The molecule has 0 bridgehead atoms. The Morgan fingerprint density at radius 2 is 1.38 bits per heavy atom. The van der Waals surface area contributed by atoms with Crippen LogP contribution in [0.4, 0.5) is 0 Å². The third-order valence-corrected chi connectivity index (χ3v) is 6.10. The van der Waals surface area contributed by atoms with Crippen molar-refractivity contribution in [2.24, 2.45) is 0 Å². The molecule has 4 atom stereocenters. The van der Waals surface area contributed by atoms with E-state index in [1.807, 2.05) is 12.1 Å². The predicted molar refractivity (Wildman–Crippen MR) is 125 cm³/mol. The van der Waals surface area contributed by atoms with E-state index in [9.17, 15) is 19.8 Å². The number of hydrogen-bond acceptors (Lipinski definition) is 11. The number of aldehydes is 1. The number of phenolic OH excluding ortho intramolecular Hbond substituents is 2. The SMILES string of the molecule is O=C1OC2(c3ccc(O)cc3Oc3cc(O)ccc32)c2ccccc21.O=C[C@H](O)[C@@H](O)[C@H](O)[C@H](O)CO.